The Morgan fingerprint density at radius 1 is 0.500 bits per heavy atom. The van der Waals surface area contributed by atoms with E-state index in [1.54, 1.807) is 0 Å². The molecule has 0 fully saturated rings. The molecule has 28 heavy (non-hydrogen) atoms. The summed E-state index contributed by atoms with van der Waals surface area (Å²) in [5.41, 5.74) is 1.09. The summed E-state index contributed by atoms with van der Waals surface area (Å²) in [5.74, 6) is 0. The van der Waals surface area contributed by atoms with Crippen LogP contribution >= 0.6 is 30.5 Å². The molecule has 0 saturated carbocycles. The Morgan fingerprint density at radius 2 is 0.929 bits per heavy atom. The first kappa shape index (κ1) is 19.2. The predicted molar refractivity (Wildman–Crippen MR) is 127 cm³/mol. The third kappa shape index (κ3) is 3.61. The fourth-order valence-electron chi connectivity index (χ4n) is 3.94. The van der Waals surface area contributed by atoms with Crippen molar-refractivity contribution in [2.45, 2.75) is 6.16 Å². The molecule has 4 aromatic rings. The summed E-state index contributed by atoms with van der Waals surface area (Å²) in [6.07, 6.45) is 0.852. The summed E-state index contributed by atoms with van der Waals surface area (Å²) >= 11 is 13.0. The summed E-state index contributed by atoms with van der Waals surface area (Å²) in [6, 6.07) is 38.5. The molecule has 0 nitrogen and oxygen atoms in total. The van der Waals surface area contributed by atoms with Crippen LogP contribution in [0.15, 0.2) is 109 Å². The Labute approximate surface area is 177 Å². The number of hydrogen-bond acceptors (Lipinski definition) is 0. The summed E-state index contributed by atoms with van der Waals surface area (Å²) in [4.78, 5) is 0. The van der Waals surface area contributed by atoms with Crippen molar-refractivity contribution in [3.63, 3.8) is 0 Å². The van der Waals surface area contributed by atoms with E-state index in [4.69, 9.17) is 23.2 Å². The molecule has 0 aromatic heterocycles. The van der Waals surface area contributed by atoms with Crippen LogP contribution in [0, 0.1) is 0 Å². The summed E-state index contributed by atoms with van der Waals surface area (Å²) in [6.45, 7) is 0. The molecule has 3 heteroatoms. The van der Waals surface area contributed by atoms with Gasteiger partial charge in [0, 0.05) is 0 Å². The molecular weight excluding hydrogens is 402 g/mol. The standard InChI is InChI=1S/C25H21Cl2P/c26-24-18-10-11-20(25(24)27)19-28(21-12-4-1-5-13-21,22-14-6-2-7-15-22)23-16-8-3-9-17-23/h1-18,28H,19H2. The molecule has 4 aromatic carbocycles. The molecule has 0 spiro atoms. The molecule has 0 unspecified atom stereocenters. The van der Waals surface area contributed by atoms with Gasteiger partial charge in [0.05, 0.1) is 0 Å². The third-order valence-electron chi connectivity index (χ3n) is 5.29. The zero-order chi connectivity index (χ0) is 19.4. The van der Waals surface area contributed by atoms with Crippen molar-refractivity contribution in [1.82, 2.24) is 0 Å². The van der Waals surface area contributed by atoms with Gasteiger partial charge in [0.25, 0.3) is 0 Å². The fourth-order valence-corrected chi connectivity index (χ4v) is 9.21. The minimum absolute atomic E-state index is 0.608. The zero-order valence-corrected chi connectivity index (χ0v) is 17.9. The van der Waals surface area contributed by atoms with Crippen molar-refractivity contribution >= 4 is 46.4 Å². The van der Waals surface area contributed by atoms with Crippen LogP contribution in [0.25, 0.3) is 0 Å². The minimum atomic E-state index is -2.36. The van der Waals surface area contributed by atoms with Crippen molar-refractivity contribution in [2.24, 2.45) is 0 Å². The molecule has 0 aliphatic carbocycles. The molecule has 0 amide bonds. The second kappa shape index (κ2) is 8.50. The molecule has 0 aliphatic rings. The number of benzene rings is 4. The quantitative estimate of drug-likeness (QED) is 0.335. The van der Waals surface area contributed by atoms with E-state index in [0.717, 1.165) is 11.7 Å². The average Bonchev–Trinajstić information content (AvgIpc) is 2.77. The molecule has 4 rings (SSSR count). The van der Waals surface area contributed by atoms with Gasteiger partial charge in [0.2, 0.25) is 0 Å². The Kier molecular flexibility index (Phi) is 5.83. The molecule has 0 radical (unpaired) electrons. The SMILES string of the molecule is Clc1cccc(C[PH](c2ccccc2)(c2ccccc2)c2ccccc2)c1Cl. The predicted octanol–water partition coefficient (Wildman–Crippen LogP) is 6.22. The van der Waals surface area contributed by atoms with Gasteiger partial charge < -0.3 is 0 Å². The van der Waals surface area contributed by atoms with E-state index in [2.05, 4.69) is 97.1 Å². The second-order valence-electron chi connectivity index (χ2n) is 6.89. The van der Waals surface area contributed by atoms with Crippen LogP contribution in [0.2, 0.25) is 10.0 Å². The van der Waals surface area contributed by atoms with Gasteiger partial charge in [-0.15, -0.1) is 0 Å². The van der Waals surface area contributed by atoms with Gasteiger partial charge in [-0.3, -0.25) is 0 Å². The maximum absolute atomic E-state index is 6.65. The second-order valence-corrected chi connectivity index (χ2v) is 11.6. The van der Waals surface area contributed by atoms with Gasteiger partial charge in [0.1, 0.15) is 0 Å². The van der Waals surface area contributed by atoms with E-state index >= 15 is 0 Å². The first-order valence-corrected chi connectivity index (χ1v) is 12.3. The molecule has 0 bridgehead atoms. The van der Waals surface area contributed by atoms with E-state index in [1.807, 2.05) is 12.1 Å². The van der Waals surface area contributed by atoms with Crippen molar-refractivity contribution in [3.05, 3.63) is 125 Å². The molecule has 0 atom stereocenters. The van der Waals surface area contributed by atoms with Gasteiger partial charge >= 0.3 is 177 Å². The number of halogens is 2. The van der Waals surface area contributed by atoms with Crippen LogP contribution in [0.1, 0.15) is 5.56 Å². The van der Waals surface area contributed by atoms with Crippen LogP contribution < -0.4 is 15.9 Å². The van der Waals surface area contributed by atoms with Crippen LogP contribution in [0.3, 0.4) is 0 Å². The number of rotatable bonds is 5. The topological polar surface area (TPSA) is 0 Å². The van der Waals surface area contributed by atoms with Gasteiger partial charge in [-0.05, 0) is 0 Å². The molecule has 0 heterocycles. The van der Waals surface area contributed by atoms with Crippen molar-refractivity contribution in [3.8, 4) is 0 Å². The van der Waals surface area contributed by atoms with Gasteiger partial charge in [0.15, 0.2) is 0 Å². The van der Waals surface area contributed by atoms with Gasteiger partial charge in [-0.2, -0.15) is 0 Å². The van der Waals surface area contributed by atoms with E-state index in [-0.39, 0.29) is 0 Å². The number of hydrogen-bond donors (Lipinski definition) is 0. The molecular formula is C25H21Cl2P. The Hall–Kier alpha value is -2.11. The summed E-state index contributed by atoms with van der Waals surface area (Å²) < 4.78 is 0. The first-order valence-electron chi connectivity index (χ1n) is 9.31. The van der Waals surface area contributed by atoms with Gasteiger partial charge in [-0.25, -0.2) is 0 Å². The maximum atomic E-state index is 6.65. The van der Waals surface area contributed by atoms with Crippen LogP contribution in [0.4, 0.5) is 0 Å². The van der Waals surface area contributed by atoms with E-state index in [1.165, 1.54) is 15.9 Å². The molecule has 0 N–H and O–H groups in total. The third-order valence-corrected chi connectivity index (χ3v) is 11.0. The van der Waals surface area contributed by atoms with Crippen LogP contribution in [-0.4, -0.2) is 0 Å². The monoisotopic (exact) mass is 422 g/mol. The molecule has 140 valence electrons. The first-order chi connectivity index (χ1) is 13.7. The van der Waals surface area contributed by atoms with Crippen molar-refractivity contribution < 1.29 is 0 Å². The Morgan fingerprint density at radius 3 is 1.36 bits per heavy atom. The van der Waals surface area contributed by atoms with Crippen LogP contribution in [0.5, 0.6) is 0 Å². The molecule has 0 aliphatic heterocycles. The normalized spacial score (nSPS) is 11.9. The van der Waals surface area contributed by atoms with Gasteiger partial charge in [-0.1, -0.05) is 0 Å². The van der Waals surface area contributed by atoms with Crippen LogP contribution in [-0.2, 0) is 6.16 Å². The van der Waals surface area contributed by atoms with E-state index in [9.17, 15) is 0 Å². The van der Waals surface area contributed by atoms with E-state index in [0.29, 0.717) is 10.0 Å². The Bertz CT molecular complexity index is 951. The summed E-state index contributed by atoms with van der Waals surface area (Å²) in [5, 5.41) is 5.36. The average molecular weight is 423 g/mol. The summed E-state index contributed by atoms with van der Waals surface area (Å²) in [7, 11) is -2.36. The molecule has 0 saturated heterocycles. The fraction of sp³-hybridized carbons (Fsp3) is 0.0400. The Balaban J connectivity index is 2.02. The van der Waals surface area contributed by atoms with Crippen molar-refractivity contribution in [2.75, 3.05) is 0 Å². The van der Waals surface area contributed by atoms with E-state index < -0.39 is 7.26 Å². The van der Waals surface area contributed by atoms with Crippen molar-refractivity contribution in [1.29, 1.82) is 0 Å². The zero-order valence-electron chi connectivity index (χ0n) is 15.4.